The number of ether oxygens (including phenoxy) is 1. The molecule has 2 aromatic carbocycles. The van der Waals surface area contributed by atoms with Crippen LogP contribution in [0.2, 0.25) is 5.02 Å². The lowest BCUT2D eigenvalue weighted by Crippen LogP contribution is -2.40. The Hall–Kier alpha value is -1.89. The maximum atomic E-state index is 12.6. The smallest absolute Gasteiger partial charge is 0.309 e. The molecule has 0 amide bonds. The fraction of sp³-hybridized carbons (Fsp3) is 0.316. The molecular formula is C19H20ClNO4S. The van der Waals surface area contributed by atoms with E-state index in [1.165, 1.54) is 4.31 Å². The van der Waals surface area contributed by atoms with Crippen LogP contribution in [0.5, 0.6) is 0 Å². The second-order valence-electron chi connectivity index (χ2n) is 6.23. The third-order valence-electron chi connectivity index (χ3n) is 4.46. The standard InChI is InChI=1S/C19H20ClNO4S/c20-17-8-6-15(7-9-17)14-25-19(22)16-10-12-21(13-11-16)26(23,24)18-4-2-1-3-5-18/h1-9,16H,10-14H2. The summed E-state index contributed by atoms with van der Waals surface area (Å²) in [6.45, 7) is 0.828. The van der Waals surface area contributed by atoms with Gasteiger partial charge in [0.05, 0.1) is 10.8 Å². The van der Waals surface area contributed by atoms with Crippen molar-refractivity contribution in [3.8, 4) is 0 Å². The molecule has 7 heteroatoms. The lowest BCUT2D eigenvalue weighted by Gasteiger charge is -2.30. The van der Waals surface area contributed by atoms with Crippen LogP contribution in [-0.4, -0.2) is 31.8 Å². The minimum Gasteiger partial charge on any atom is -0.461 e. The first-order valence-electron chi connectivity index (χ1n) is 8.43. The summed E-state index contributed by atoms with van der Waals surface area (Å²) in [4.78, 5) is 12.5. The van der Waals surface area contributed by atoms with Crippen molar-refractivity contribution in [1.82, 2.24) is 4.31 Å². The third kappa shape index (κ3) is 4.44. The molecule has 138 valence electrons. The maximum Gasteiger partial charge on any atom is 0.309 e. The Labute approximate surface area is 158 Å². The fourth-order valence-electron chi connectivity index (χ4n) is 2.93. The van der Waals surface area contributed by atoms with Crippen LogP contribution in [0, 0.1) is 5.92 Å². The molecule has 0 saturated carbocycles. The molecule has 5 nitrogen and oxygen atoms in total. The van der Waals surface area contributed by atoms with Gasteiger partial charge in [0.1, 0.15) is 6.61 Å². The van der Waals surface area contributed by atoms with Gasteiger partial charge in [0.2, 0.25) is 10.0 Å². The van der Waals surface area contributed by atoms with E-state index in [-0.39, 0.29) is 23.4 Å². The van der Waals surface area contributed by atoms with Crippen LogP contribution in [0.1, 0.15) is 18.4 Å². The van der Waals surface area contributed by atoms with Gasteiger partial charge in [0.25, 0.3) is 0 Å². The van der Waals surface area contributed by atoms with Crippen molar-refractivity contribution in [1.29, 1.82) is 0 Å². The number of halogens is 1. The predicted molar refractivity (Wildman–Crippen MR) is 99.2 cm³/mol. The summed E-state index contributed by atoms with van der Waals surface area (Å²) in [5.74, 6) is -0.554. The normalized spacial score (nSPS) is 16.3. The first-order chi connectivity index (χ1) is 12.5. The molecule has 3 rings (SSSR count). The Morgan fingerprint density at radius 2 is 1.65 bits per heavy atom. The van der Waals surface area contributed by atoms with E-state index in [1.807, 2.05) is 12.1 Å². The molecule has 0 atom stereocenters. The van der Waals surface area contributed by atoms with Crippen LogP contribution < -0.4 is 0 Å². The van der Waals surface area contributed by atoms with E-state index in [0.717, 1.165) is 5.56 Å². The number of rotatable bonds is 5. The minimum atomic E-state index is -3.50. The number of esters is 1. The second-order valence-corrected chi connectivity index (χ2v) is 8.60. The molecule has 1 aliphatic heterocycles. The van der Waals surface area contributed by atoms with Gasteiger partial charge in [-0.3, -0.25) is 4.79 Å². The van der Waals surface area contributed by atoms with Crippen LogP contribution in [-0.2, 0) is 26.2 Å². The first-order valence-corrected chi connectivity index (χ1v) is 10.2. The van der Waals surface area contributed by atoms with Crippen molar-refractivity contribution < 1.29 is 17.9 Å². The Bertz CT molecular complexity index is 845. The highest BCUT2D eigenvalue weighted by Gasteiger charge is 2.32. The van der Waals surface area contributed by atoms with E-state index in [9.17, 15) is 13.2 Å². The van der Waals surface area contributed by atoms with Gasteiger partial charge in [-0.1, -0.05) is 41.9 Å². The summed E-state index contributed by atoms with van der Waals surface area (Å²) in [5, 5.41) is 0.632. The monoisotopic (exact) mass is 393 g/mol. The zero-order chi connectivity index (χ0) is 18.6. The number of hydrogen-bond donors (Lipinski definition) is 0. The minimum absolute atomic E-state index is 0.193. The molecule has 2 aromatic rings. The zero-order valence-corrected chi connectivity index (χ0v) is 15.7. The number of benzene rings is 2. The molecule has 1 heterocycles. The van der Waals surface area contributed by atoms with Gasteiger partial charge in [-0.25, -0.2) is 8.42 Å². The van der Waals surface area contributed by atoms with Crippen LogP contribution in [0.25, 0.3) is 0 Å². The van der Waals surface area contributed by atoms with Gasteiger partial charge in [0.15, 0.2) is 0 Å². The largest absolute Gasteiger partial charge is 0.461 e. The van der Waals surface area contributed by atoms with E-state index in [1.54, 1.807) is 42.5 Å². The van der Waals surface area contributed by atoms with Gasteiger partial charge in [-0.2, -0.15) is 4.31 Å². The highest BCUT2D eigenvalue weighted by Crippen LogP contribution is 2.25. The van der Waals surface area contributed by atoms with Crippen molar-refractivity contribution in [3.63, 3.8) is 0 Å². The predicted octanol–water partition coefficient (Wildman–Crippen LogP) is 3.48. The Morgan fingerprint density at radius 1 is 1.04 bits per heavy atom. The number of nitrogens with zero attached hydrogens (tertiary/aromatic N) is 1. The van der Waals surface area contributed by atoms with Gasteiger partial charge in [-0.05, 0) is 42.7 Å². The molecule has 0 aliphatic carbocycles. The Kier molecular flexibility index (Phi) is 5.96. The topological polar surface area (TPSA) is 63.7 Å². The molecular weight excluding hydrogens is 374 g/mol. The first kappa shape index (κ1) is 18.9. The summed E-state index contributed by atoms with van der Waals surface area (Å²) < 4.78 is 32.0. The van der Waals surface area contributed by atoms with E-state index in [4.69, 9.17) is 16.3 Å². The van der Waals surface area contributed by atoms with E-state index in [0.29, 0.717) is 31.0 Å². The van der Waals surface area contributed by atoms with Gasteiger partial charge in [0, 0.05) is 18.1 Å². The molecule has 0 spiro atoms. The van der Waals surface area contributed by atoms with E-state index >= 15 is 0 Å². The number of sulfonamides is 1. The molecule has 1 saturated heterocycles. The average molecular weight is 394 g/mol. The highest BCUT2D eigenvalue weighted by atomic mass is 35.5. The van der Waals surface area contributed by atoms with Gasteiger partial charge < -0.3 is 4.74 Å². The summed E-state index contributed by atoms with van der Waals surface area (Å²) in [6.07, 6.45) is 0.928. The molecule has 26 heavy (non-hydrogen) atoms. The van der Waals surface area contributed by atoms with Crippen molar-refractivity contribution in [2.45, 2.75) is 24.3 Å². The van der Waals surface area contributed by atoms with Crippen LogP contribution in [0.3, 0.4) is 0 Å². The fourth-order valence-corrected chi connectivity index (χ4v) is 4.54. The number of carbonyl (C=O) groups is 1. The second kappa shape index (κ2) is 8.20. The van der Waals surface area contributed by atoms with E-state index in [2.05, 4.69) is 0 Å². The Balaban J connectivity index is 1.53. The van der Waals surface area contributed by atoms with Crippen LogP contribution in [0.15, 0.2) is 59.5 Å². The summed E-state index contributed by atoms with van der Waals surface area (Å²) in [5.41, 5.74) is 0.867. The van der Waals surface area contributed by atoms with Crippen molar-refractivity contribution >= 4 is 27.6 Å². The number of piperidine rings is 1. The molecule has 0 unspecified atom stereocenters. The average Bonchev–Trinajstić information content (AvgIpc) is 2.68. The van der Waals surface area contributed by atoms with Crippen LogP contribution >= 0.6 is 11.6 Å². The molecule has 0 radical (unpaired) electrons. The van der Waals surface area contributed by atoms with Crippen LogP contribution in [0.4, 0.5) is 0 Å². The third-order valence-corrected chi connectivity index (χ3v) is 6.63. The summed E-state index contributed by atoms with van der Waals surface area (Å²) in [6, 6.07) is 15.5. The lowest BCUT2D eigenvalue weighted by atomic mass is 9.98. The van der Waals surface area contributed by atoms with E-state index < -0.39 is 10.0 Å². The van der Waals surface area contributed by atoms with Gasteiger partial charge >= 0.3 is 5.97 Å². The number of carbonyl (C=O) groups excluding carboxylic acids is 1. The summed E-state index contributed by atoms with van der Waals surface area (Å²) in [7, 11) is -3.50. The van der Waals surface area contributed by atoms with Crippen molar-refractivity contribution in [2.24, 2.45) is 5.92 Å². The number of hydrogen-bond acceptors (Lipinski definition) is 4. The molecule has 1 aliphatic rings. The summed E-state index contributed by atoms with van der Waals surface area (Å²) >= 11 is 5.83. The highest BCUT2D eigenvalue weighted by molar-refractivity contribution is 7.89. The maximum absolute atomic E-state index is 12.6. The molecule has 1 fully saturated rings. The molecule has 0 N–H and O–H groups in total. The van der Waals surface area contributed by atoms with Crippen molar-refractivity contribution in [2.75, 3.05) is 13.1 Å². The van der Waals surface area contributed by atoms with Crippen molar-refractivity contribution in [3.05, 3.63) is 65.2 Å². The lowest BCUT2D eigenvalue weighted by molar-refractivity contribution is -0.151. The quantitative estimate of drug-likeness (QED) is 0.729. The Morgan fingerprint density at radius 3 is 2.27 bits per heavy atom. The van der Waals surface area contributed by atoms with Gasteiger partial charge in [-0.15, -0.1) is 0 Å². The SMILES string of the molecule is O=C(OCc1ccc(Cl)cc1)C1CCN(S(=O)(=O)c2ccccc2)CC1. The molecule has 0 bridgehead atoms. The zero-order valence-electron chi connectivity index (χ0n) is 14.2. The molecule has 0 aromatic heterocycles.